The van der Waals surface area contributed by atoms with Crippen LogP contribution in [-0.4, -0.2) is 82.5 Å². The maximum absolute atomic E-state index is 11.1. The number of aryl methyl sites for hydroxylation is 1. The third kappa shape index (κ3) is 5.55. The summed E-state index contributed by atoms with van der Waals surface area (Å²) in [6.45, 7) is 9.09. The van der Waals surface area contributed by atoms with Crippen LogP contribution in [0.3, 0.4) is 0 Å². The average Bonchev–Trinajstić information content (AvgIpc) is 3.53. The molecule has 0 radical (unpaired) electrons. The lowest BCUT2D eigenvalue weighted by Crippen LogP contribution is -2.48. The fraction of sp³-hybridized carbons (Fsp3) is 0.440. The van der Waals surface area contributed by atoms with Crippen LogP contribution in [0.4, 0.5) is 0 Å². The monoisotopic (exact) mass is 540 g/mol. The normalized spacial score (nSPS) is 15.2. The van der Waals surface area contributed by atoms with E-state index in [-0.39, 0.29) is 6.54 Å². The van der Waals surface area contributed by atoms with Crippen LogP contribution in [0.5, 0.6) is 5.88 Å². The van der Waals surface area contributed by atoms with Crippen LogP contribution in [0.2, 0.25) is 0 Å². The highest BCUT2D eigenvalue weighted by Crippen LogP contribution is 2.34. The number of nitrogens with one attached hydrogen (secondary N) is 1. The van der Waals surface area contributed by atoms with Crippen molar-refractivity contribution in [2.45, 2.75) is 33.0 Å². The van der Waals surface area contributed by atoms with Gasteiger partial charge < -0.3 is 9.15 Å². The molecule has 3 aromatic heterocycles. The Hall–Kier alpha value is -3.39. The number of methoxy groups -OCH3 is 1. The second kappa shape index (κ2) is 11.2. The number of hydrogen-bond acceptors (Lipinski definition) is 10. The average molecular weight is 541 g/mol. The number of nitrogens with zero attached hydrogens (tertiary/aromatic N) is 7. The smallest absolute Gasteiger partial charge is 0.248 e. The standard InChI is InChI=1S/C25H32N8O4S/c1-16(2)33-7-5-32(6-8-33)15-23-29-30-25(37-23)20-10-17(11-22-21(20)14-27-31(22)3)18-9-19(13-28-38(34)35)24(36-4)26-12-18/h9-12,14,16,38H,5-8,13,15H2,1-4H3,(H,28,34,35). The third-order valence-corrected chi connectivity index (χ3v) is 7.33. The zero-order valence-electron chi connectivity index (χ0n) is 21.9. The van der Waals surface area contributed by atoms with Gasteiger partial charge in [-0.15, -0.1) is 10.2 Å². The second-order valence-electron chi connectivity index (χ2n) is 9.62. The molecule has 0 amide bonds. The molecule has 4 aromatic rings. The molecule has 0 spiro atoms. The lowest BCUT2D eigenvalue weighted by Gasteiger charge is -2.36. The maximum atomic E-state index is 11.1. The van der Waals surface area contributed by atoms with Crippen LogP contribution in [0.15, 0.2) is 35.0 Å². The minimum Gasteiger partial charge on any atom is -0.481 e. The predicted octanol–water partition coefficient (Wildman–Crippen LogP) is 1.84. The van der Waals surface area contributed by atoms with Crippen LogP contribution in [0.1, 0.15) is 25.3 Å². The molecule has 12 nitrogen and oxygen atoms in total. The van der Waals surface area contributed by atoms with Gasteiger partial charge in [0.25, 0.3) is 0 Å². The minimum atomic E-state index is -2.75. The molecular formula is C25H32N8O4S. The number of thiol groups is 1. The summed E-state index contributed by atoms with van der Waals surface area (Å²) in [5.41, 5.74) is 3.92. The molecule has 202 valence electrons. The van der Waals surface area contributed by atoms with Gasteiger partial charge in [-0.1, -0.05) is 0 Å². The Morgan fingerprint density at radius 1 is 1.08 bits per heavy atom. The minimum absolute atomic E-state index is 0.0714. The molecule has 1 saturated heterocycles. The molecule has 4 heterocycles. The highest BCUT2D eigenvalue weighted by Gasteiger charge is 2.22. The highest BCUT2D eigenvalue weighted by atomic mass is 32.2. The molecule has 1 aromatic carbocycles. The van der Waals surface area contributed by atoms with E-state index in [0.717, 1.165) is 53.8 Å². The van der Waals surface area contributed by atoms with Gasteiger partial charge in [0, 0.05) is 68.5 Å². The molecule has 1 fully saturated rings. The number of fused-ring (bicyclic) bond motifs is 1. The number of rotatable bonds is 9. The summed E-state index contributed by atoms with van der Waals surface area (Å²) in [6.07, 6.45) is 3.48. The zero-order chi connectivity index (χ0) is 26.8. The Labute approximate surface area is 222 Å². The van der Waals surface area contributed by atoms with Crippen LogP contribution < -0.4 is 9.46 Å². The maximum Gasteiger partial charge on any atom is 0.248 e. The third-order valence-electron chi connectivity index (χ3n) is 6.91. The van der Waals surface area contributed by atoms with Gasteiger partial charge in [-0.3, -0.25) is 14.5 Å². The summed E-state index contributed by atoms with van der Waals surface area (Å²) in [5.74, 6) is 1.36. The van der Waals surface area contributed by atoms with E-state index in [4.69, 9.17) is 9.15 Å². The summed E-state index contributed by atoms with van der Waals surface area (Å²) in [6, 6.07) is 6.38. The van der Waals surface area contributed by atoms with Crippen molar-refractivity contribution in [3.63, 3.8) is 0 Å². The van der Waals surface area contributed by atoms with Crippen LogP contribution in [-0.2, 0) is 31.0 Å². The highest BCUT2D eigenvalue weighted by molar-refractivity contribution is 7.70. The summed E-state index contributed by atoms with van der Waals surface area (Å²) in [5, 5.41) is 14.0. The summed E-state index contributed by atoms with van der Waals surface area (Å²) < 4.78 is 37.8. The van der Waals surface area contributed by atoms with E-state index in [1.165, 1.54) is 7.11 Å². The first-order valence-electron chi connectivity index (χ1n) is 12.5. The van der Waals surface area contributed by atoms with Gasteiger partial charge in [-0.25, -0.2) is 18.1 Å². The molecule has 1 N–H and O–H groups in total. The Morgan fingerprint density at radius 2 is 1.87 bits per heavy atom. The number of pyridine rings is 1. The summed E-state index contributed by atoms with van der Waals surface area (Å²) in [4.78, 5) is 9.19. The molecule has 0 atom stereocenters. The first-order chi connectivity index (χ1) is 18.3. The topological polar surface area (TPSA) is 132 Å². The number of piperazine rings is 1. The lowest BCUT2D eigenvalue weighted by molar-refractivity contribution is 0.0979. The quantitative estimate of drug-likeness (QED) is 0.303. The van der Waals surface area contributed by atoms with Crippen molar-refractivity contribution in [3.8, 4) is 28.5 Å². The Bertz CT molecular complexity index is 1500. The van der Waals surface area contributed by atoms with Crippen LogP contribution in [0.25, 0.3) is 33.5 Å². The molecule has 5 rings (SSSR count). The number of ether oxygens (including phenoxy) is 1. The van der Waals surface area contributed by atoms with E-state index in [9.17, 15) is 8.42 Å². The fourth-order valence-electron chi connectivity index (χ4n) is 4.76. The van der Waals surface area contributed by atoms with Crippen molar-refractivity contribution in [2.24, 2.45) is 7.05 Å². The largest absolute Gasteiger partial charge is 0.481 e. The molecule has 1 aliphatic rings. The number of aromatic nitrogens is 5. The molecule has 0 aliphatic carbocycles. The van der Waals surface area contributed by atoms with Crippen LogP contribution >= 0.6 is 0 Å². The van der Waals surface area contributed by atoms with Gasteiger partial charge in [0.2, 0.25) is 28.6 Å². The molecule has 0 bridgehead atoms. The molecule has 13 heteroatoms. The van der Waals surface area contributed by atoms with Crippen molar-refractivity contribution in [1.29, 1.82) is 0 Å². The van der Waals surface area contributed by atoms with Gasteiger partial charge >= 0.3 is 0 Å². The predicted molar refractivity (Wildman–Crippen MR) is 143 cm³/mol. The number of benzene rings is 1. The van der Waals surface area contributed by atoms with Gasteiger partial charge in [-0.2, -0.15) is 5.10 Å². The lowest BCUT2D eigenvalue weighted by atomic mass is 10.00. The summed E-state index contributed by atoms with van der Waals surface area (Å²) >= 11 is 0. The van der Waals surface area contributed by atoms with E-state index >= 15 is 0 Å². The van der Waals surface area contributed by atoms with Gasteiger partial charge in [0.05, 0.1) is 30.9 Å². The second-order valence-corrected chi connectivity index (χ2v) is 10.4. The van der Waals surface area contributed by atoms with Gasteiger partial charge in [0.1, 0.15) is 0 Å². The van der Waals surface area contributed by atoms with E-state index in [1.807, 2.05) is 25.2 Å². The fourth-order valence-corrected chi connectivity index (χ4v) is 5.06. The van der Waals surface area contributed by atoms with E-state index in [2.05, 4.69) is 48.6 Å². The Kier molecular flexibility index (Phi) is 7.70. The van der Waals surface area contributed by atoms with E-state index in [1.54, 1.807) is 17.1 Å². The SMILES string of the molecule is COc1ncc(-c2cc(-c3nnc(CN4CCN(C(C)C)CC4)o3)c3cnn(C)c3c2)cc1CN[SH](=O)=O. The van der Waals surface area contributed by atoms with Gasteiger partial charge in [0.15, 0.2) is 0 Å². The Balaban J connectivity index is 1.46. The van der Waals surface area contributed by atoms with Crippen molar-refractivity contribution in [1.82, 2.24) is 39.5 Å². The molecule has 1 aliphatic heterocycles. The number of hydrogen-bond donors (Lipinski definition) is 2. The Morgan fingerprint density at radius 3 is 2.58 bits per heavy atom. The molecule has 0 saturated carbocycles. The van der Waals surface area contributed by atoms with Crippen LogP contribution in [0, 0.1) is 0 Å². The van der Waals surface area contributed by atoms with Crippen molar-refractivity contribution >= 4 is 21.8 Å². The molecule has 0 unspecified atom stereocenters. The van der Waals surface area contributed by atoms with Crippen molar-refractivity contribution < 1.29 is 17.6 Å². The first kappa shape index (κ1) is 26.2. The van der Waals surface area contributed by atoms with E-state index in [0.29, 0.717) is 35.8 Å². The first-order valence-corrected chi connectivity index (χ1v) is 13.7. The summed E-state index contributed by atoms with van der Waals surface area (Å²) in [7, 11) is 0.623. The zero-order valence-corrected chi connectivity index (χ0v) is 22.8. The van der Waals surface area contributed by atoms with Crippen molar-refractivity contribution in [3.05, 3.63) is 42.0 Å². The molecule has 38 heavy (non-hydrogen) atoms. The molecular weight excluding hydrogens is 508 g/mol. The van der Waals surface area contributed by atoms with Crippen molar-refractivity contribution in [2.75, 3.05) is 33.3 Å². The van der Waals surface area contributed by atoms with E-state index < -0.39 is 10.9 Å². The van der Waals surface area contributed by atoms with Gasteiger partial charge in [-0.05, 0) is 37.6 Å².